The average molecular weight is 739 g/mol. The summed E-state index contributed by atoms with van der Waals surface area (Å²) in [5.74, 6) is 1.92. The van der Waals surface area contributed by atoms with Crippen LogP contribution in [0.1, 0.15) is 0 Å². The largest absolute Gasteiger partial charge is 0.247 e. The summed E-state index contributed by atoms with van der Waals surface area (Å²) < 4.78 is 0. The van der Waals surface area contributed by atoms with Crippen molar-refractivity contribution in [3.8, 4) is 67.7 Å². The molecule has 0 aliphatic carbocycles. The van der Waals surface area contributed by atoms with E-state index in [1.54, 1.807) is 0 Å². The Labute approximate surface area is 335 Å². The fraction of sp³-hybridized carbons (Fsp3) is 0. The lowest BCUT2D eigenvalue weighted by atomic mass is 9.93. The molecule has 0 bridgehead atoms. The molecule has 0 N–H and O–H groups in total. The molecule has 0 saturated heterocycles. The third-order valence-electron chi connectivity index (χ3n) is 11.1. The molecule has 58 heavy (non-hydrogen) atoms. The third-order valence-corrected chi connectivity index (χ3v) is 11.1. The highest BCUT2D eigenvalue weighted by Gasteiger charge is 2.16. The first-order valence-electron chi connectivity index (χ1n) is 19.5. The molecule has 0 unspecified atom stereocenters. The van der Waals surface area contributed by atoms with E-state index in [0.29, 0.717) is 17.5 Å². The normalized spacial score (nSPS) is 11.4. The van der Waals surface area contributed by atoms with Crippen molar-refractivity contribution in [2.24, 2.45) is 0 Å². The summed E-state index contributed by atoms with van der Waals surface area (Å²) in [6, 6.07) is 72.4. The predicted molar refractivity (Wildman–Crippen MR) is 240 cm³/mol. The van der Waals surface area contributed by atoms with Gasteiger partial charge in [0.2, 0.25) is 0 Å². The Morgan fingerprint density at radius 1 is 0.259 bits per heavy atom. The lowest BCUT2D eigenvalue weighted by Crippen LogP contribution is -2.00. The quantitative estimate of drug-likeness (QED) is 0.159. The minimum atomic E-state index is 0.635. The fourth-order valence-corrected chi connectivity index (χ4v) is 8.14. The van der Waals surface area contributed by atoms with E-state index in [1.807, 2.05) is 6.07 Å². The maximum atomic E-state index is 5.21. The van der Waals surface area contributed by atoms with E-state index in [9.17, 15) is 0 Å². The van der Waals surface area contributed by atoms with Crippen molar-refractivity contribution in [3.63, 3.8) is 0 Å². The van der Waals surface area contributed by atoms with Crippen molar-refractivity contribution in [3.05, 3.63) is 206 Å². The van der Waals surface area contributed by atoms with E-state index < -0.39 is 0 Å². The number of rotatable bonds is 6. The molecule has 11 rings (SSSR count). The lowest BCUT2D eigenvalue weighted by molar-refractivity contribution is 1.08. The van der Waals surface area contributed by atoms with Gasteiger partial charge in [-0.2, -0.15) is 0 Å². The van der Waals surface area contributed by atoms with Crippen molar-refractivity contribution < 1.29 is 0 Å². The van der Waals surface area contributed by atoms with Crippen LogP contribution in [0.2, 0.25) is 0 Å². The predicted octanol–water partition coefficient (Wildman–Crippen LogP) is 13.9. The molecule has 0 atom stereocenters. The summed E-state index contributed by atoms with van der Waals surface area (Å²) in [5.41, 5.74) is 10.5. The zero-order valence-electron chi connectivity index (χ0n) is 31.4. The van der Waals surface area contributed by atoms with Crippen molar-refractivity contribution >= 4 is 43.2 Å². The third kappa shape index (κ3) is 6.05. The van der Waals surface area contributed by atoms with Gasteiger partial charge in [0.05, 0.1) is 11.2 Å². The average Bonchev–Trinajstić information content (AvgIpc) is 3.31. The van der Waals surface area contributed by atoms with Crippen LogP contribution < -0.4 is 0 Å². The van der Waals surface area contributed by atoms with Crippen LogP contribution >= 0.6 is 0 Å². The first kappa shape index (κ1) is 33.5. The van der Waals surface area contributed by atoms with E-state index in [4.69, 9.17) is 19.9 Å². The van der Waals surface area contributed by atoms with Gasteiger partial charge in [-0.05, 0) is 67.4 Å². The molecule has 0 fully saturated rings. The summed E-state index contributed by atoms with van der Waals surface area (Å²) >= 11 is 0. The van der Waals surface area contributed by atoms with Crippen molar-refractivity contribution in [1.82, 2.24) is 19.9 Å². The minimum Gasteiger partial charge on any atom is -0.247 e. The standard InChI is InChI=1S/C54H34N4/c1-2-13-40(14-3-1)51-48-18-9-8-17-47(48)50-46(19-10-20-49(50)55-51)39-27-21-37(22-28-39)38-23-29-41(30-24-38)52-56-53(44-31-25-35-11-4-6-15-42(35)33-44)58-54(57-52)45-32-26-36-12-5-7-16-43(36)34-45/h1-34H. The maximum absolute atomic E-state index is 5.21. The van der Waals surface area contributed by atoms with Gasteiger partial charge in [-0.15, -0.1) is 0 Å². The Morgan fingerprint density at radius 3 is 1.33 bits per heavy atom. The highest BCUT2D eigenvalue weighted by atomic mass is 15.0. The van der Waals surface area contributed by atoms with Gasteiger partial charge in [0.1, 0.15) is 0 Å². The van der Waals surface area contributed by atoms with E-state index in [2.05, 4.69) is 200 Å². The van der Waals surface area contributed by atoms with Gasteiger partial charge in [-0.1, -0.05) is 188 Å². The Bertz CT molecular complexity index is 3220. The molecule has 0 saturated carbocycles. The van der Waals surface area contributed by atoms with Gasteiger partial charge < -0.3 is 0 Å². The molecule has 4 heteroatoms. The zero-order chi connectivity index (χ0) is 38.4. The van der Waals surface area contributed by atoms with E-state index in [-0.39, 0.29) is 0 Å². The number of hydrogen-bond donors (Lipinski definition) is 0. The maximum Gasteiger partial charge on any atom is 0.164 e. The lowest BCUT2D eigenvalue weighted by Gasteiger charge is -2.14. The molecule has 4 nitrogen and oxygen atoms in total. The van der Waals surface area contributed by atoms with Gasteiger partial charge in [0.25, 0.3) is 0 Å². The highest BCUT2D eigenvalue weighted by Crippen LogP contribution is 2.38. The van der Waals surface area contributed by atoms with Gasteiger partial charge >= 0.3 is 0 Å². The molecule has 0 aliphatic heterocycles. The van der Waals surface area contributed by atoms with Crippen LogP contribution in [0, 0.1) is 0 Å². The van der Waals surface area contributed by atoms with Crippen LogP contribution in [0.5, 0.6) is 0 Å². The molecule has 0 aliphatic rings. The zero-order valence-corrected chi connectivity index (χ0v) is 31.4. The summed E-state index contributed by atoms with van der Waals surface area (Å²) in [4.78, 5) is 20.4. The monoisotopic (exact) mass is 738 g/mol. The topological polar surface area (TPSA) is 51.6 Å². The van der Waals surface area contributed by atoms with E-state index in [0.717, 1.165) is 66.3 Å². The Morgan fingerprint density at radius 2 is 0.724 bits per heavy atom. The van der Waals surface area contributed by atoms with Crippen LogP contribution in [-0.4, -0.2) is 19.9 Å². The molecular weight excluding hydrogens is 705 g/mol. The molecule has 11 aromatic rings. The van der Waals surface area contributed by atoms with Crippen LogP contribution in [0.4, 0.5) is 0 Å². The molecule has 0 radical (unpaired) electrons. The first-order valence-corrected chi connectivity index (χ1v) is 19.5. The SMILES string of the molecule is c1ccc(-c2nc3cccc(-c4ccc(-c5ccc(-c6nc(-c7ccc8ccccc8c7)nc(-c7ccc8ccccc8c7)n6)cc5)cc4)c3c3ccccc23)cc1. The van der Waals surface area contributed by atoms with E-state index in [1.165, 1.54) is 27.1 Å². The van der Waals surface area contributed by atoms with Crippen LogP contribution in [0.25, 0.3) is 111 Å². The Kier molecular flexibility index (Phi) is 8.11. The molecule has 9 aromatic carbocycles. The number of pyridine rings is 1. The molecular formula is C54H34N4. The highest BCUT2D eigenvalue weighted by molar-refractivity contribution is 6.16. The van der Waals surface area contributed by atoms with Gasteiger partial charge in [-0.3, -0.25) is 0 Å². The number of nitrogens with zero attached hydrogens (tertiary/aromatic N) is 4. The fourth-order valence-electron chi connectivity index (χ4n) is 8.14. The summed E-state index contributed by atoms with van der Waals surface area (Å²) in [6.45, 7) is 0. The Balaban J connectivity index is 0.952. The second-order valence-electron chi connectivity index (χ2n) is 14.7. The summed E-state index contributed by atoms with van der Waals surface area (Å²) in [5, 5.41) is 8.17. The molecule has 0 amide bonds. The first-order chi connectivity index (χ1) is 28.7. The molecule has 270 valence electrons. The van der Waals surface area contributed by atoms with Crippen molar-refractivity contribution in [2.45, 2.75) is 0 Å². The van der Waals surface area contributed by atoms with Crippen LogP contribution in [0.15, 0.2) is 206 Å². The second-order valence-corrected chi connectivity index (χ2v) is 14.7. The van der Waals surface area contributed by atoms with Crippen molar-refractivity contribution in [2.75, 3.05) is 0 Å². The molecule has 2 heterocycles. The van der Waals surface area contributed by atoms with Gasteiger partial charge in [0, 0.05) is 33.0 Å². The molecule has 2 aromatic heterocycles. The van der Waals surface area contributed by atoms with Crippen molar-refractivity contribution in [1.29, 1.82) is 0 Å². The number of aromatic nitrogens is 4. The number of benzene rings is 9. The Hall–Kier alpha value is -7.82. The summed E-state index contributed by atoms with van der Waals surface area (Å²) in [6.07, 6.45) is 0. The number of fused-ring (bicyclic) bond motifs is 5. The van der Waals surface area contributed by atoms with Gasteiger partial charge in [0.15, 0.2) is 17.5 Å². The van der Waals surface area contributed by atoms with E-state index >= 15 is 0 Å². The van der Waals surface area contributed by atoms with Crippen LogP contribution in [-0.2, 0) is 0 Å². The smallest absolute Gasteiger partial charge is 0.164 e. The van der Waals surface area contributed by atoms with Gasteiger partial charge in [-0.25, -0.2) is 19.9 Å². The second kappa shape index (κ2) is 14.0. The minimum absolute atomic E-state index is 0.635. The summed E-state index contributed by atoms with van der Waals surface area (Å²) in [7, 11) is 0. The molecule has 0 spiro atoms. The van der Waals surface area contributed by atoms with Crippen LogP contribution in [0.3, 0.4) is 0 Å². The number of hydrogen-bond acceptors (Lipinski definition) is 4.